The zero-order chi connectivity index (χ0) is 16.0. The minimum Gasteiger partial charge on any atom is -0.454 e. The lowest BCUT2D eigenvalue weighted by atomic mass is 9.74. The second-order valence-corrected chi connectivity index (χ2v) is 7.14. The predicted octanol–water partition coefficient (Wildman–Crippen LogP) is 3.37. The predicted molar refractivity (Wildman–Crippen MR) is 93.7 cm³/mol. The molecule has 0 aromatic heterocycles. The Morgan fingerprint density at radius 2 is 1.83 bits per heavy atom. The number of nitrogens with zero attached hydrogens (tertiary/aromatic N) is 1. The van der Waals surface area contributed by atoms with Crippen LogP contribution in [0.2, 0.25) is 0 Å². The molecule has 1 saturated heterocycles. The van der Waals surface area contributed by atoms with Gasteiger partial charge in [-0.1, -0.05) is 24.3 Å². The maximum Gasteiger partial charge on any atom is 0.231 e. The van der Waals surface area contributed by atoms with Gasteiger partial charge in [0.25, 0.3) is 0 Å². The molecule has 0 aliphatic carbocycles. The molecule has 124 valence electrons. The Kier molecular flexibility index (Phi) is 3.20. The van der Waals surface area contributed by atoms with Gasteiger partial charge in [-0.05, 0) is 55.3 Å². The second-order valence-electron chi connectivity index (χ2n) is 7.14. The number of anilines is 1. The highest BCUT2D eigenvalue weighted by Crippen LogP contribution is 2.44. The van der Waals surface area contributed by atoms with Crippen LogP contribution in [0.3, 0.4) is 0 Å². The standard InChI is InChI=1S/C20H22N2O2/c1-2-4-17-16(3-1)20(13-21-17)7-9-22(10-8-20)12-15-5-6-18-19(11-15)24-14-23-18/h1-6,11,21H,7-10,12-14H2. The Morgan fingerprint density at radius 1 is 1.00 bits per heavy atom. The number of benzene rings is 2. The van der Waals surface area contributed by atoms with Crippen molar-refractivity contribution < 1.29 is 9.47 Å². The van der Waals surface area contributed by atoms with Gasteiger partial charge in [-0.2, -0.15) is 0 Å². The Balaban J connectivity index is 1.28. The maximum atomic E-state index is 5.49. The second kappa shape index (κ2) is 5.42. The van der Waals surface area contributed by atoms with Crippen LogP contribution in [0.25, 0.3) is 0 Å². The van der Waals surface area contributed by atoms with Crippen molar-refractivity contribution in [1.29, 1.82) is 0 Å². The van der Waals surface area contributed by atoms with E-state index in [0.717, 1.165) is 37.7 Å². The van der Waals surface area contributed by atoms with E-state index in [1.807, 2.05) is 6.07 Å². The summed E-state index contributed by atoms with van der Waals surface area (Å²) in [6.07, 6.45) is 2.45. The topological polar surface area (TPSA) is 33.7 Å². The molecule has 2 aromatic carbocycles. The number of hydrogen-bond acceptors (Lipinski definition) is 4. The molecule has 0 saturated carbocycles. The van der Waals surface area contributed by atoms with Gasteiger partial charge in [0.1, 0.15) is 0 Å². The first-order valence-corrected chi connectivity index (χ1v) is 8.77. The monoisotopic (exact) mass is 322 g/mol. The van der Waals surface area contributed by atoms with Gasteiger partial charge in [0, 0.05) is 24.2 Å². The third-order valence-electron chi connectivity index (χ3n) is 5.77. The average molecular weight is 322 g/mol. The molecule has 0 amide bonds. The number of para-hydroxylation sites is 1. The van der Waals surface area contributed by atoms with E-state index in [9.17, 15) is 0 Å². The van der Waals surface area contributed by atoms with Crippen LogP contribution in [0.15, 0.2) is 42.5 Å². The zero-order valence-corrected chi connectivity index (χ0v) is 13.8. The number of fused-ring (bicyclic) bond motifs is 3. The summed E-state index contributed by atoms with van der Waals surface area (Å²) >= 11 is 0. The first-order valence-electron chi connectivity index (χ1n) is 8.77. The molecule has 0 bridgehead atoms. The van der Waals surface area contributed by atoms with E-state index in [-0.39, 0.29) is 0 Å². The fourth-order valence-electron chi connectivity index (χ4n) is 4.34. The normalized spacial score (nSPS) is 20.8. The molecule has 0 unspecified atom stereocenters. The third kappa shape index (κ3) is 2.25. The summed E-state index contributed by atoms with van der Waals surface area (Å²) in [4.78, 5) is 2.56. The first kappa shape index (κ1) is 14.2. The highest BCUT2D eigenvalue weighted by atomic mass is 16.7. The quantitative estimate of drug-likeness (QED) is 0.919. The molecule has 3 heterocycles. The highest BCUT2D eigenvalue weighted by molar-refractivity contribution is 5.60. The third-order valence-corrected chi connectivity index (χ3v) is 5.77. The van der Waals surface area contributed by atoms with Crippen LogP contribution in [0.1, 0.15) is 24.0 Å². The van der Waals surface area contributed by atoms with E-state index in [0.29, 0.717) is 12.2 Å². The zero-order valence-electron chi connectivity index (χ0n) is 13.8. The summed E-state index contributed by atoms with van der Waals surface area (Å²) in [5.74, 6) is 1.75. The lowest BCUT2D eigenvalue weighted by Crippen LogP contribution is -2.43. The van der Waals surface area contributed by atoms with Crippen LogP contribution in [-0.2, 0) is 12.0 Å². The number of nitrogens with one attached hydrogen (secondary N) is 1. The first-order chi connectivity index (χ1) is 11.8. The van der Waals surface area contributed by atoms with Crippen molar-refractivity contribution in [3.63, 3.8) is 0 Å². The molecule has 2 aromatic rings. The fourth-order valence-corrected chi connectivity index (χ4v) is 4.34. The Bertz CT molecular complexity index is 766. The molecule has 1 fully saturated rings. The Hall–Kier alpha value is -2.20. The molecule has 3 aliphatic heterocycles. The van der Waals surface area contributed by atoms with Crippen molar-refractivity contribution in [3.8, 4) is 11.5 Å². The van der Waals surface area contributed by atoms with E-state index < -0.39 is 0 Å². The molecule has 4 heteroatoms. The van der Waals surface area contributed by atoms with Gasteiger partial charge < -0.3 is 14.8 Å². The van der Waals surface area contributed by atoms with Gasteiger partial charge in [0.15, 0.2) is 11.5 Å². The Morgan fingerprint density at radius 3 is 2.75 bits per heavy atom. The van der Waals surface area contributed by atoms with Gasteiger partial charge in [-0.3, -0.25) is 4.90 Å². The molecular formula is C20H22N2O2. The van der Waals surface area contributed by atoms with Crippen molar-refractivity contribution in [3.05, 3.63) is 53.6 Å². The van der Waals surface area contributed by atoms with E-state index in [4.69, 9.17) is 9.47 Å². The maximum absolute atomic E-state index is 5.49. The van der Waals surface area contributed by atoms with E-state index in [2.05, 4.69) is 46.6 Å². The van der Waals surface area contributed by atoms with Gasteiger partial charge >= 0.3 is 0 Å². The minimum absolute atomic E-state index is 0.335. The molecule has 3 aliphatic rings. The van der Waals surface area contributed by atoms with Gasteiger partial charge in [-0.15, -0.1) is 0 Å². The number of likely N-dealkylation sites (tertiary alicyclic amines) is 1. The van der Waals surface area contributed by atoms with Crippen molar-refractivity contribution in [2.75, 3.05) is 31.7 Å². The van der Waals surface area contributed by atoms with Gasteiger partial charge in [0.05, 0.1) is 0 Å². The van der Waals surface area contributed by atoms with Crippen LogP contribution in [-0.4, -0.2) is 31.3 Å². The Labute approximate surface area is 142 Å². The lowest BCUT2D eigenvalue weighted by molar-refractivity contribution is 0.162. The van der Waals surface area contributed by atoms with Crippen LogP contribution in [0, 0.1) is 0 Å². The summed E-state index contributed by atoms with van der Waals surface area (Å²) in [5, 5.41) is 3.60. The van der Waals surface area contributed by atoms with Crippen LogP contribution >= 0.6 is 0 Å². The summed E-state index contributed by atoms with van der Waals surface area (Å²) in [5.41, 5.74) is 4.50. The van der Waals surface area contributed by atoms with Crippen molar-refractivity contribution >= 4 is 5.69 Å². The number of ether oxygens (including phenoxy) is 2. The minimum atomic E-state index is 0.335. The molecule has 4 nitrogen and oxygen atoms in total. The van der Waals surface area contributed by atoms with Crippen molar-refractivity contribution in [2.45, 2.75) is 24.8 Å². The number of hydrogen-bond donors (Lipinski definition) is 1. The van der Waals surface area contributed by atoms with Gasteiger partial charge in [0.2, 0.25) is 6.79 Å². The summed E-state index contributed by atoms with van der Waals surface area (Å²) in [6.45, 7) is 4.71. The smallest absolute Gasteiger partial charge is 0.231 e. The van der Waals surface area contributed by atoms with Crippen molar-refractivity contribution in [2.24, 2.45) is 0 Å². The van der Waals surface area contributed by atoms with Crippen LogP contribution < -0.4 is 14.8 Å². The fraction of sp³-hybridized carbons (Fsp3) is 0.400. The largest absolute Gasteiger partial charge is 0.454 e. The molecule has 0 radical (unpaired) electrons. The SMILES string of the molecule is c1ccc2c(c1)NCC21CCN(Cc2ccc3c(c2)OCO3)CC1. The molecular weight excluding hydrogens is 300 g/mol. The molecule has 0 atom stereocenters. The molecule has 1 N–H and O–H groups in total. The van der Waals surface area contributed by atoms with Crippen molar-refractivity contribution in [1.82, 2.24) is 4.90 Å². The summed E-state index contributed by atoms with van der Waals surface area (Å²) in [6, 6.07) is 15.1. The lowest BCUT2D eigenvalue weighted by Gasteiger charge is -2.39. The molecule has 1 spiro atoms. The summed E-state index contributed by atoms with van der Waals surface area (Å²) < 4.78 is 10.9. The van der Waals surface area contributed by atoms with E-state index in [1.165, 1.54) is 29.7 Å². The van der Waals surface area contributed by atoms with E-state index in [1.54, 1.807) is 0 Å². The number of rotatable bonds is 2. The number of piperidine rings is 1. The van der Waals surface area contributed by atoms with Crippen LogP contribution in [0.4, 0.5) is 5.69 Å². The van der Waals surface area contributed by atoms with Crippen LogP contribution in [0.5, 0.6) is 11.5 Å². The average Bonchev–Trinajstić information content (AvgIpc) is 3.22. The summed E-state index contributed by atoms with van der Waals surface area (Å²) in [7, 11) is 0. The molecule has 5 rings (SSSR count). The highest BCUT2D eigenvalue weighted by Gasteiger charge is 2.41. The van der Waals surface area contributed by atoms with Gasteiger partial charge in [-0.25, -0.2) is 0 Å². The molecule has 24 heavy (non-hydrogen) atoms. The van der Waals surface area contributed by atoms with E-state index >= 15 is 0 Å².